The molecule has 1 heterocycles. The summed E-state index contributed by atoms with van der Waals surface area (Å²) in [5.41, 5.74) is 9.40. The molecule has 0 aromatic heterocycles. The van der Waals surface area contributed by atoms with Gasteiger partial charge >= 0.3 is 0 Å². The van der Waals surface area contributed by atoms with Gasteiger partial charge in [-0.25, -0.2) is 10.9 Å². The van der Waals surface area contributed by atoms with Gasteiger partial charge in [0.25, 0.3) is 0 Å². The van der Waals surface area contributed by atoms with Crippen LogP contribution in [0.25, 0.3) is 0 Å². The van der Waals surface area contributed by atoms with Crippen molar-refractivity contribution in [1.29, 1.82) is 0 Å². The van der Waals surface area contributed by atoms with Gasteiger partial charge in [-0.05, 0) is 25.7 Å². The first-order valence-corrected chi connectivity index (χ1v) is 7.16. The zero-order valence-electron chi connectivity index (χ0n) is 11.0. The van der Waals surface area contributed by atoms with Gasteiger partial charge < -0.3 is 0 Å². The Morgan fingerprint density at radius 1 is 0.529 bits per heavy atom. The van der Waals surface area contributed by atoms with E-state index in [4.69, 9.17) is 0 Å². The predicted molar refractivity (Wildman–Crippen MR) is 73.1 cm³/mol. The summed E-state index contributed by atoms with van der Waals surface area (Å²) in [5, 5.41) is 0. The molecule has 0 saturated heterocycles. The topological polar surface area (TPSA) is 36.1 Å². The zero-order chi connectivity index (χ0) is 12.0. The van der Waals surface area contributed by atoms with E-state index in [1.54, 1.807) is 0 Å². The summed E-state index contributed by atoms with van der Waals surface area (Å²) in [5.74, 6) is 6.55. The maximum Gasteiger partial charge on any atom is 0.0113 e. The third kappa shape index (κ3) is 10.3. The molecule has 0 fully saturated rings. The minimum absolute atomic E-state index is 1.01. The van der Waals surface area contributed by atoms with Crippen LogP contribution in [0.5, 0.6) is 0 Å². The Bertz CT molecular complexity index is 197. The van der Waals surface area contributed by atoms with Crippen LogP contribution >= 0.6 is 0 Å². The molecular weight excluding hydrogens is 210 g/mol. The first-order valence-electron chi connectivity index (χ1n) is 7.16. The quantitative estimate of drug-likeness (QED) is 0.567. The molecule has 0 aliphatic carbocycles. The monoisotopic (exact) mass is 237 g/mol. The highest BCUT2D eigenvalue weighted by atomic mass is 15.6. The van der Waals surface area contributed by atoms with Crippen LogP contribution in [0.15, 0.2) is 0 Å². The molecule has 0 atom stereocenters. The summed E-state index contributed by atoms with van der Waals surface area (Å²) in [6, 6.07) is 0. The molecule has 0 spiro atoms. The lowest BCUT2D eigenvalue weighted by Gasteiger charge is -2.08. The van der Waals surface area contributed by atoms with Crippen LogP contribution in [-0.2, 0) is 0 Å². The van der Waals surface area contributed by atoms with Crippen LogP contribution < -0.4 is 16.4 Å². The molecular formula is C14H27N3. The van der Waals surface area contributed by atoms with Crippen molar-refractivity contribution in [3.8, 4) is 11.8 Å². The number of nitrogens with one attached hydrogen (secondary N) is 3. The van der Waals surface area contributed by atoms with E-state index in [9.17, 15) is 0 Å². The van der Waals surface area contributed by atoms with E-state index in [1.165, 1.54) is 51.4 Å². The molecule has 0 unspecified atom stereocenters. The molecule has 1 aliphatic rings. The fourth-order valence-corrected chi connectivity index (χ4v) is 1.92. The summed E-state index contributed by atoms with van der Waals surface area (Å²) in [6.45, 7) is 2.06. The van der Waals surface area contributed by atoms with Gasteiger partial charge in [0, 0.05) is 25.9 Å². The van der Waals surface area contributed by atoms with E-state index in [0.717, 1.165) is 25.9 Å². The molecule has 0 aromatic rings. The molecule has 0 bridgehead atoms. The van der Waals surface area contributed by atoms with Gasteiger partial charge in [0.1, 0.15) is 0 Å². The average molecular weight is 237 g/mol. The second-order valence-electron chi connectivity index (χ2n) is 4.66. The molecule has 1 aliphatic heterocycles. The third-order valence-electron chi connectivity index (χ3n) is 3.01. The third-order valence-corrected chi connectivity index (χ3v) is 3.01. The average Bonchev–Trinajstić information content (AvgIpc) is 2.35. The van der Waals surface area contributed by atoms with Gasteiger partial charge in [0.2, 0.25) is 0 Å². The van der Waals surface area contributed by atoms with Gasteiger partial charge in [0.05, 0.1) is 0 Å². The van der Waals surface area contributed by atoms with Crippen molar-refractivity contribution in [3.63, 3.8) is 0 Å². The highest BCUT2D eigenvalue weighted by Gasteiger charge is 1.92. The molecule has 0 radical (unpaired) electrons. The van der Waals surface area contributed by atoms with Crippen LogP contribution in [-0.4, -0.2) is 13.1 Å². The van der Waals surface area contributed by atoms with Crippen molar-refractivity contribution in [3.05, 3.63) is 0 Å². The molecule has 0 amide bonds. The van der Waals surface area contributed by atoms with Crippen LogP contribution in [0.2, 0.25) is 0 Å². The second-order valence-corrected chi connectivity index (χ2v) is 4.66. The van der Waals surface area contributed by atoms with E-state index in [-0.39, 0.29) is 0 Å². The normalized spacial score (nSPS) is 22.1. The van der Waals surface area contributed by atoms with E-state index in [2.05, 4.69) is 28.2 Å². The first kappa shape index (κ1) is 14.5. The maximum atomic E-state index is 3.28. The number of hydrogen-bond acceptors (Lipinski definition) is 3. The zero-order valence-corrected chi connectivity index (χ0v) is 11.0. The highest BCUT2D eigenvalue weighted by molar-refractivity contribution is 4.98. The van der Waals surface area contributed by atoms with Gasteiger partial charge in [-0.15, -0.1) is 11.8 Å². The van der Waals surface area contributed by atoms with Crippen LogP contribution in [0.1, 0.15) is 64.2 Å². The van der Waals surface area contributed by atoms with Crippen molar-refractivity contribution < 1.29 is 0 Å². The smallest absolute Gasteiger partial charge is 0.0113 e. The number of hydrazine groups is 2. The highest BCUT2D eigenvalue weighted by Crippen LogP contribution is 2.06. The minimum Gasteiger partial charge on any atom is -0.244 e. The van der Waals surface area contributed by atoms with Gasteiger partial charge in [-0.2, -0.15) is 5.53 Å². The first-order chi connectivity index (χ1) is 8.50. The second kappa shape index (κ2) is 11.9. The Labute approximate surface area is 106 Å². The molecule has 3 heteroatoms. The largest absolute Gasteiger partial charge is 0.244 e. The summed E-state index contributed by atoms with van der Waals surface area (Å²) < 4.78 is 0. The van der Waals surface area contributed by atoms with Crippen molar-refractivity contribution >= 4 is 0 Å². The SMILES string of the molecule is C1#CCCCCNNNCCCCCCCC1. The molecule has 0 saturated carbocycles. The number of rotatable bonds is 0. The lowest BCUT2D eigenvalue weighted by atomic mass is 10.1. The van der Waals surface area contributed by atoms with Crippen molar-refractivity contribution in [2.45, 2.75) is 64.2 Å². The van der Waals surface area contributed by atoms with Crippen LogP contribution in [0.3, 0.4) is 0 Å². The molecule has 3 nitrogen and oxygen atoms in total. The van der Waals surface area contributed by atoms with Crippen molar-refractivity contribution in [2.24, 2.45) is 0 Å². The Kier molecular flexibility index (Phi) is 10.2. The Morgan fingerprint density at radius 2 is 1.00 bits per heavy atom. The fourth-order valence-electron chi connectivity index (χ4n) is 1.92. The summed E-state index contributed by atoms with van der Waals surface area (Å²) in [7, 11) is 0. The van der Waals surface area contributed by atoms with Crippen LogP contribution in [0.4, 0.5) is 0 Å². The molecule has 0 aromatic carbocycles. The summed E-state index contributed by atoms with van der Waals surface area (Å²) >= 11 is 0. The molecule has 98 valence electrons. The molecule has 3 N–H and O–H groups in total. The Balaban J connectivity index is 2.09. The summed E-state index contributed by atoms with van der Waals surface area (Å²) in [6.07, 6.45) is 12.5. The lowest BCUT2D eigenvalue weighted by Crippen LogP contribution is -2.44. The van der Waals surface area contributed by atoms with E-state index >= 15 is 0 Å². The Hall–Kier alpha value is -0.560. The Morgan fingerprint density at radius 3 is 1.71 bits per heavy atom. The minimum atomic E-state index is 1.01. The maximum absolute atomic E-state index is 3.28. The van der Waals surface area contributed by atoms with Gasteiger partial charge in [0.15, 0.2) is 0 Å². The van der Waals surface area contributed by atoms with E-state index < -0.39 is 0 Å². The lowest BCUT2D eigenvalue weighted by molar-refractivity contribution is 0.417. The van der Waals surface area contributed by atoms with Gasteiger partial charge in [-0.3, -0.25) is 0 Å². The summed E-state index contributed by atoms with van der Waals surface area (Å²) in [4.78, 5) is 0. The number of hydrogen-bond donors (Lipinski definition) is 3. The van der Waals surface area contributed by atoms with Gasteiger partial charge in [-0.1, -0.05) is 25.7 Å². The molecule has 17 heavy (non-hydrogen) atoms. The molecule has 1 rings (SSSR count). The predicted octanol–water partition coefficient (Wildman–Crippen LogP) is 2.50. The standard InChI is InChI=1S/C14H27N3/c1-2-4-6-8-10-12-14-16-17-15-13-11-9-7-5-3-1/h15-17H,1-3,5,7-14H2. The van der Waals surface area contributed by atoms with Crippen LogP contribution in [0, 0.1) is 11.8 Å². The van der Waals surface area contributed by atoms with E-state index in [0.29, 0.717) is 0 Å². The van der Waals surface area contributed by atoms with Crippen molar-refractivity contribution in [1.82, 2.24) is 16.4 Å². The fraction of sp³-hybridized carbons (Fsp3) is 0.857. The van der Waals surface area contributed by atoms with E-state index in [1.807, 2.05) is 0 Å². The van der Waals surface area contributed by atoms with Crippen molar-refractivity contribution in [2.75, 3.05) is 13.1 Å².